The predicted molar refractivity (Wildman–Crippen MR) is 81.0 cm³/mol. The molecule has 0 saturated heterocycles. The first-order valence-corrected chi connectivity index (χ1v) is 7.41. The van der Waals surface area contributed by atoms with E-state index in [1.807, 2.05) is 23.8 Å². The van der Waals surface area contributed by atoms with Crippen LogP contribution in [0.1, 0.15) is 28.9 Å². The standard InChI is InChI=1S/C13H12INO2S/c1-8(9-4-5-18-7-9)15-13(17)11-6-10(14)2-3-12(11)16/h2-8,16H,1H3,(H,15,17). The maximum absolute atomic E-state index is 12.1. The molecule has 2 N–H and O–H groups in total. The highest BCUT2D eigenvalue weighted by Gasteiger charge is 2.15. The number of phenolic OH excluding ortho intramolecular Hbond substituents is 1. The highest BCUT2D eigenvalue weighted by atomic mass is 127. The summed E-state index contributed by atoms with van der Waals surface area (Å²) in [6.45, 7) is 1.92. The van der Waals surface area contributed by atoms with Gasteiger partial charge in [-0.25, -0.2) is 0 Å². The summed E-state index contributed by atoms with van der Waals surface area (Å²) >= 11 is 3.70. The molecule has 2 aromatic rings. The lowest BCUT2D eigenvalue weighted by atomic mass is 10.1. The van der Waals surface area contributed by atoms with E-state index in [0.29, 0.717) is 5.56 Å². The summed E-state index contributed by atoms with van der Waals surface area (Å²) in [6, 6.07) is 6.87. The Bertz CT molecular complexity index is 554. The second-order valence-electron chi connectivity index (χ2n) is 3.91. The quantitative estimate of drug-likeness (QED) is 0.809. The van der Waals surface area contributed by atoms with Gasteiger partial charge in [-0.05, 0) is 70.1 Å². The van der Waals surface area contributed by atoms with E-state index >= 15 is 0 Å². The Balaban J connectivity index is 2.15. The van der Waals surface area contributed by atoms with Gasteiger partial charge in [0.1, 0.15) is 5.75 Å². The van der Waals surface area contributed by atoms with Gasteiger partial charge in [-0.3, -0.25) is 4.79 Å². The second kappa shape index (κ2) is 5.71. The van der Waals surface area contributed by atoms with Crippen LogP contribution >= 0.6 is 33.9 Å². The van der Waals surface area contributed by atoms with Crippen LogP contribution in [0.2, 0.25) is 0 Å². The number of carbonyl (C=O) groups excluding carboxylic acids is 1. The number of benzene rings is 1. The molecule has 0 radical (unpaired) electrons. The maximum Gasteiger partial charge on any atom is 0.255 e. The molecule has 0 fully saturated rings. The minimum absolute atomic E-state index is 0.00503. The van der Waals surface area contributed by atoms with Crippen molar-refractivity contribution in [3.63, 3.8) is 0 Å². The number of rotatable bonds is 3. The van der Waals surface area contributed by atoms with Crippen molar-refractivity contribution in [2.75, 3.05) is 0 Å². The normalized spacial score (nSPS) is 12.1. The van der Waals surface area contributed by atoms with E-state index in [-0.39, 0.29) is 17.7 Å². The summed E-state index contributed by atoms with van der Waals surface area (Å²) in [7, 11) is 0. The Morgan fingerprint density at radius 3 is 2.89 bits per heavy atom. The molecule has 0 spiro atoms. The van der Waals surface area contributed by atoms with Crippen LogP contribution in [0, 0.1) is 3.57 Å². The molecule has 0 aliphatic rings. The largest absolute Gasteiger partial charge is 0.507 e. The third kappa shape index (κ3) is 3.02. The average Bonchev–Trinajstić information content (AvgIpc) is 2.85. The van der Waals surface area contributed by atoms with Gasteiger partial charge in [0.15, 0.2) is 0 Å². The van der Waals surface area contributed by atoms with Crippen molar-refractivity contribution in [3.05, 3.63) is 49.7 Å². The number of halogens is 1. The van der Waals surface area contributed by atoms with Gasteiger partial charge in [-0.1, -0.05) is 0 Å². The molecule has 0 bridgehead atoms. The van der Waals surface area contributed by atoms with Crippen LogP contribution in [-0.2, 0) is 0 Å². The van der Waals surface area contributed by atoms with Crippen LogP contribution in [0.15, 0.2) is 35.0 Å². The van der Waals surface area contributed by atoms with Gasteiger partial charge in [0.2, 0.25) is 0 Å². The maximum atomic E-state index is 12.1. The fourth-order valence-corrected chi connectivity index (χ4v) is 2.81. The highest BCUT2D eigenvalue weighted by molar-refractivity contribution is 14.1. The summed E-state index contributed by atoms with van der Waals surface area (Å²) in [4.78, 5) is 12.1. The Morgan fingerprint density at radius 2 is 2.22 bits per heavy atom. The van der Waals surface area contributed by atoms with Gasteiger partial charge in [0.25, 0.3) is 5.91 Å². The zero-order chi connectivity index (χ0) is 13.1. The zero-order valence-electron chi connectivity index (χ0n) is 9.68. The number of amides is 1. The van der Waals surface area contributed by atoms with Crippen molar-refractivity contribution < 1.29 is 9.90 Å². The van der Waals surface area contributed by atoms with Crippen LogP contribution < -0.4 is 5.32 Å². The number of thiophene rings is 1. The van der Waals surface area contributed by atoms with E-state index in [9.17, 15) is 9.90 Å². The first kappa shape index (κ1) is 13.4. The van der Waals surface area contributed by atoms with Crippen molar-refractivity contribution >= 4 is 39.8 Å². The van der Waals surface area contributed by atoms with Crippen molar-refractivity contribution in [1.82, 2.24) is 5.32 Å². The molecule has 3 nitrogen and oxygen atoms in total. The fraction of sp³-hybridized carbons (Fsp3) is 0.154. The summed E-state index contributed by atoms with van der Waals surface area (Å²) in [6.07, 6.45) is 0. The lowest BCUT2D eigenvalue weighted by Crippen LogP contribution is -2.26. The Hall–Kier alpha value is -1.08. The SMILES string of the molecule is CC(NC(=O)c1cc(I)ccc1O)c1ccsc1. The molecule has 5 heteroatoms. The second-order valence-corrected chi connectivity index (χ2v) is 5.94. The van der Waals surface area contributed by atoms with Crippen molar-refractivity contribution in [2.24, 2.45) is 0 Å². The summed E-state index contributed by atoms with van der Waals surface area (Å²) in [5.74, 6) is -0.254. The summed E-state index contributed by atoms with van der Waals surface area (Å²) in [5, 5.41) is 16.5. The van der Waals surface area contributed by atoms with Crippen molar-refractivity contribution in [1.29, 1.82) is 0 Å². The molecule has 1 heterocycles. The van der Waals surface area contributed by atoms with Crippen molar-refractivity contribution in [3.8, 4) is 5.75 Å². The summed E-state index contributed by atoms with van der Waals surface area (Å²) in [5.41, 5.74) is 1.38. The molecule has 18 heavy (non-hydrogen) atoms. The highest BCUT2D eigenvalue weighted by Crippen LogP contribution is 2.21. The van der Waals surface area contributed by atoms with Crippen LogP contribution in [0.4, 0.5) is 0 Å². The minimum Gasteiger partial charge on any atom is -0.507 e. The third-order valence-electron chi connectivity index (χ3n) is 2.59. The third-order valence-corrected chi connectivity index (χ3v) is 3.97. The van der Waals surface area contributed by atoms with Crippen LogP contribution in [0.25, 0.3) is 0 Å². The van der Waals surface area contributed by atoms with Gasteiger partial charge < -0.3 is 10.4 Å². The molecular weight excluding hydrogens is 361 g/mol. The van der Waals surface area contributed by atoms with E-state index in [1.54, 1.807) is 23.5 Å². The molecule has 94 valence electrons. The molecule has 1 aromatic carbocycles. The first-order valence-electron chi connectivity index (χ1n) is 5.39. The lowest BCUT2D eigenvalue weighted by Gasteiger charge is -2.13. The molecular formula is C13H12INO2S. The van der Waals surface area contributed by atoms with E-state index in [2.05, 4.69) is 27.9 Å². The monoisotopic (exact) mass is 373 g/mol. The predicted octanol–water partition coefficient (Wildman–Crippen LogP) is 3.55. The number of carbonyl (C=O) groups is 1. The summed E-state index contributed by atoms with van der Waals surface area (Å²) < 4.78 is 0.915. The first-order chi connectivity index (χ1) is 8.58. The molecule has 1 unspecified atom stereocenters. The number of hydrogen-bond acceptors (Lipinski definition) is 3. The van der Waals surface area contributed by atoms with E-state index in [0.717, 1.165) is 9.13 Å². The molecule has 1 amide bonds. The number of aromatic hydroxyl groups is 1. The minimum atomic E-state index is -0.260. The van der Waals surface area contributed by atoms with Gasteiger partial charge in [-0.15, -0.1) is 0 Å². The Kier molecular flexibility index (Phi) is 4.23. The van der Waals surface area contributed by atoms with E-state index in [1.165, 1.54) is 6.07 Å². The van der Waals surface area contributed by atoms with Crippen LogP contribution in [0.3, 0.4) is 0 Å². The van der Waals surface area contributed by atoms with Crippen LogP contribution in [0.5, 0.6) is 5.75 Å². The van der Waals surface area contributed by atoms with E-state index < -0.39 is 0 Å². The van der Waals surface area contributed by atoms with Crippen molar-refractivity contribution in [2.45, 2.75) is 13.0 Å². The molecule has 0 aliphatic carbocycles. The lowest BCUT2D eigenvalue weighted by molar-refractivity contribution is 0.0937. The van der Waals surface area contributed by atoms with Gasteiger partial charge in [-0.2, -0.15) is 11.3 Å². The molecule has 0 aliphatic heterocycles. The fourth-order valence-electron chi connectivity index (χ4n) is 1.57. The van der Waals surface area contributed by atoms with Gasteiger partial charge in [0.05, 0.1) is 11.6 Å². The number of hydrogen-bond donors (Lipinski definition) is 2. The number of phenols is 1. The molecule has 1 aromatic heterocycles. The molecule has 0 saturated carbocycles. The van der Waals surface area contributed by atoms with Gasteiger partial charge >= 0.3 is 0 Å². The Labute approximate surface area is 123 Å². The number of nitrogens with one attached hydrogen (secondary N) is 1. The van der Waals surface area contributed by atoms with E-state index in [4.69, 9.17) is 0 Å². The topological polar surface area (TPSA) is 49.3 Å². The average molecular weight is 373 g/mol. The van der Waals surface area contributed by atoms with Crippen LogP contribution in [-0.4, -0.2) is 11.0 Å². The molecule has 2 rings (SSSR count). The molecule has 1 atom stereocenters. The smallest absolute Gasteiger partial charge is 0.255 e. The zero-order valence-corrected chi connectivity index (χ0v) is 12.7. The Morgan fingerprint density at radius 1 is 1.44 bits per heavy atom. The van der Waals surface area contributed by atoms with Gasteiger partial charge in [0, 0.05) is 3.57 Å².